The number of benzene rings is 2. The first kappa shape index (κ1) is 19.7. The van der Waals surface area contributed by atoms with Gasteiger partial charge in [-0.2, -0.15) is 0 Å². The SMILES string of the molecule is Cc1cccc(Nc2nc(C)cc3nn(Cc4nc(-c5ccccc5)oc4C)c(=O)n23)c1. The summed E-state index contributed by atoms with van der Waals surface area (Å²) in [6.07, 6.45) is 0. The van der Waals surface area contributed by atoms with Crippen LogP contribution < -0.4 is 11.0 Å². The molecule has 5 aromatic rings. The molecular weight excluding hydrogens is 404 g/mol. The predicted molar refractivity (Wildman–Crippen MR) is 122 cm³/mol. The summed E-state index contributed by atoms with van der Waals surface area (Å²) in [5.41, 5.74) is 4.48. The van der Waals surface area contributed by atoms with E-state index in [0.29, 0.717) is 28.9 Å². The lowest BCUT2D eigenvalue weighted by Gasteiger charge is -2.08. The van der Waals surface area contributed by atoms with E-state index in [1.54, 1.807) is 6.07 Å². The van der Waals surface area contributed by atoms with Crippen LogP contribution in [0.25, 0.3) is 17.1 Å². The number of rotatable bonds is 5. The summed E-state index contributed by atoms with van der Waals surface area (Å²) in [7, 11) is 0. The average molecular weight is 426 g/mol. The van der Waals surface area contributed by atoms with Crippen LogP contribution in [0.2, 0.25) is 0 Å². The molecule has 0 unspecified atom stereocenters. The van der Waals surface area contributed by atoms with Crippen molar-refractivity contribution in [2.24, 2.45) is 0 Å². The van der Waals surface area contributed by atoms with Crippen molar-refractivity contribution in [1.29, 1.82) is 0 Å². The third-order valence-corrected chi connectivity index (χ3v) is 5.18. The van der Waals surface area contributed by atoms with E-state index in [0.717, 1.165) is 22.5 Å². The molecule has 32 heavy (non-hydrogen) atoms. The van der Waals surface area contributed by atoms with Gasteiger partial charge in [-0.05, 0) is 50.6 Å². The molecule has 2 aromatic carbocycles. The molecule has 3 heterocycles. The van der Waals surface area contributed by atoms with Gasteiger partial charge in [0.1, 0.15) is 11.5 Å². The van der Waals surface area contributed by atoms with Gasteiger partial charge >= 0.3 is 5.69 Å². The molecule has 5 rings (SSSR count). The Labute approximate surface area is 184 Å². The number of hydrogen-bond acceptors (Lipinski definition) is 6. The topological polar surface area (TPSA) is 90.2 Å². The molecule has 0 aliphatic heterocycles. The van der Waals surface area contributed by atoms with Gasteiger partial charge in [0.25, 0.3) is 0 Å². The molecule has 8 nitrogen and oxygen atoms in total. The van der Waals surface area contributed by atoms with Gasteiger partial charge in [0.05, 0.1) is 6.54 Å². The van der Waals surface area contributed by atoms with Gasteiger partial charge in [-0.15, -0.1) is 5.10 Å². The molecular formula is C24H22N6O2. The predicted octanol–water partition coefficient (Wildman–Crippen LogP) is 4.26. The van der Waals surface area contributed by atoms with E-state index in [2.05, 4.69) is 20.4 Å². The normalized spacial score (nSPS) is 11.2. The van der Waals surface area contributed by atoms with Crippen LogP contribution in [-0.4, -0.2) is 24.1 Å². The van der Waals surface area contributed by atoms with Gasteiger partial charge < -0.3 is 9.73 Å². The zero-order valence-electron chi connectivity index (χ0n) is 18.0. The van der Waals surface area contributed by atoms with Gasteiger partial charge in [-0.1, -0.05) is 30.3 Å². The second-order valence-corrected chi connectivity index (χ2v) is 7.74. The Morgan fingerprint density at radius 3 is 2.56 bits per heavy atom. The first-order valence-corrected chi connectivity index (χ1v) is 10.3. The maximum absolute atomic E-state index is 13.2. The molecule has 0 aliphatic carbocycles. The minimum Gasteiger partial charge on any atom is -0.441 e. The van der Waals surface area contributed by atoms with Crippen molar-refractivity contribution in [3.8, 4) is 11.5 Å². The van der Waals surface area contributed by atoms with Crippen molar-refractivity contribution in [1.82, 2.24) is 24.1 Å². The highest BCUT2D eigenvalue weighted by molar-refractivity contribution is 5.58. The summed E-state index contributed by atoms with van der Waals surface area (Å²) >= 11 is 0. The molecule has 3 aromatic heterocycles. The van der Waals surface area contributed by atoms with Crippen LogP contribution in [0, 0.1) is 20.8 Å². The molecule has 0 spiro atoms. The largest absolute Gasteiger partial charge is 0.441 e. The van der Waals surface area contributed by atoms with Crippen LogP contribution >= 0.6 is 0 Å². The molecule has 0 aliphatic rings. The first-order valence-electron chi connectivity index (χ1n) is 10.3. The van der Waals surface area contributed by atoms with E-state index >= 15 is 0 Å². The molecule has 0 radical (unpaired) electrons. The summed E-state index contributed by atoms with van der Waals surface area (Å²) < 4.78 is 8.70. The number of nitrogens with zero attached hydrogens (tertiary/aromatic N) is 5. The van der Waals surface area contributed by atoms with Crippen LogP contribution in [0.1, 0.15) is 22.7 Å². The summed E-state index contributed by atoms with van der Waals surface area (Å²) in [4.78, 5) is 22.4. The number of hydrogen-bond donors (Lipinski definition) is 1. The maximum Gasteiger partial charge on any atom is 0.353 e. The van der Waals surface area contributed by atoms with Gasteiger partial charge in [0, 0.05) is 23.0 Å². The Hall–Kier alpha value is -4.20. The third kappa shape index (κ3) is 3.66. The highest BCUT2D eigenvalue weighted by Crippen LogP contribution is 2.22. The van der Waals surface area contributed by atoms with Crippen LogP contribution in [0.4, 0.5) is 11.6 Å². The minimum absolute atomic E-state index is 0.200. The van der Waals surface area contributed by atoms with Crippen molar-refractivity contribution >= 4 is 17.3 Å². The van der Waals surface area contributed by atoms with Crippen LogP contribution in [0.5, 0.6) is 0 Å². The Bertz CT molecular complexity index is 1480. The summed E-state index contributed by atoms with van der Waals surface area (Å²) in [6.45, 7) is 5.93. The third-order valence-electron chi connectivity index (χ3n) is 5.18. The first-order chi connectivity index (χ1) is 15.5. The molecule has 0 fully saturated rings. The van der Waals surface area contributed by atoms with E-state index in [1.807, 2.05) is 75.4 Å². The standard InChI is InChI=1S/C24H22N6O2/c1-15-8-7-11-19(12-15)26-23-25-16(2)13-21-28-29(24(31)30(21)23)14-20-17(3)32-22(27-20)18-9-5-4-6-10-18/h4-13H,14H2,1-3H3,(H,25,26). The lowest BCUT2D eigenvalue weighted by Crippen LogP contribution is -2.23. The molecule has 0 saturated heterocycles. The summed E-state index contributed by atoms with van der Waals surface area (Å²) in [5.74, 6) is 1.60. The van der Waals surface area contributed by atoms with Gasteiger partial charge in [0.2, 0.25) is 11.8 Å². The zero-order chi connectivity index (χ0) is 22.2. The van der Waals surface area contributed by atoms with Crippen LogP contribution in [-0.2, 0) is 6.54 Å². The van der Waals surface area contributed by atoms with Crippen molar-refractivity contribution in [2.45, 2.75) is 27.3 Å². The maximum atomic E-state index is 13.2. The monoisotopic (exact) mass is 426 g/mol. The Morgan fingerprint density at radius 1 is 0.969 bits per heavy atom. The average Bonchev–Trinajstić information content (AvgIpc) is 3.28. The lowest BCUT2D eigenvalue weighted by molar-refractivity contribution is 0.535. The van der Waals surface area contributed by atoms with E-state index in [9.17, 15) is 4.79 Å². The van der Waals surface area contributed by atoms with Crippen LogP contribution in [0.15, 0.2) is 69.9 Å². The number of aromatic nitrogens is 5. The molecule has 1 N–H and O–H groups in total. The fraction of sp³-hybridized carbons (Fsp3) is 0.167. The Kier molecular flexibility index (Phi) is 4.82. The number of fused-ring (bicyclic) bond motifs is 1. The molecule has 160 valence electrons. The summed E-state index contributed by atoms with van der Waals surface area (Å²) in [6, 6.07) is 19.3. The highest BCUT2D eigenvalue weighted by Gasteiger charge is 2.17. The van der Waals surface area contributed by atoms with E-state index in [1.165, 1.54) is 9.08 Å². The zero-order valence-corrected chi connectivity index (χ0v) is 18.0. The van der Waals surface area contributed by atoms with Crippen molar-refractivity contribution < 1.29 is 4.42 Å². The highest BCUT2D eigenvalue weighted by atomic mass is 16.4. The van der Waals surface area contributed by atoms with E-state index < -0.39 is 0 Å². The van der Waals surface area contributed by atoms with Crippen molar-refractivity contribution in [3.63, 3.8) is 0 Å². The molecule has 0 saturated carbocycles. The van der Waals surface area contributed by atoms with Crippen LogP contribution in [0.3, 0.4) is 0 Å². The number of nitrogens with one attached hydrogen (secondary N) is 1. The molecule has 0 amide bonds. The van der Waals surface area contributed by atoms with Gasteiger partial charge in [-0.3, -0.25) is 0 Å². The van der Waals surface area contributed by atoms with Gasteiger partial charge in [0.15, 0.2) is 5.65 Å². The minimum atomic E-state index is -0.300. The number of oxazole rings is 1. The lowest BCUT2D eigenvalue weighted by atomic mass is 10.2. The molecule has 0 bridgehead atoms. The van der Waals surface area contributed by atoms with Gasteiger partial charge in [-0.25, -0.2) is 23.8 Å². The Morgan fingerprint density at radius 2 is 1.78 bits per heavy atom. The fourth-order valence-corrected chi connectivity index (χ4v) is 3.61. The Balaban J connectivity index is 1.53. The van der Waals surface area contributed by atoms with E-state index in [4.69, 9.17) is 4.42 Å². The smallest absolute Gasteiger partial charge is 0.353 e. The van der Waals surface area contributed by atoms with E-state index in [-0.39, 0.29) is 12.2 Å². The fourth-order valence-electron chi connectivity index (χ4n) is 3.61. The second-order valence-electron chi connectivity index (χ2n) is 7.74. The molecule has 8 heteroatoms. The quantitative estimate of drug-likeness (QED) is 0.452. The summed E-state index contributed by atoms with van der Waals surface area (Å²) in [5, 5.41) is 7.76. The van der Waals surface area contributed by atoms with Crippen molar-refractivity contribution in [2.75, 3.05) is 5.32 Å². The van der Waals surface area contributed by atoms with Crippen molar-refractivity contribution in [3.05, 3.63) is 93.9 Å². The second kappa shape index (κ2) is 7.81. The number of anilines is 2. The molecule has 0 atom stereocenters. The number of aryl methyl sites for hydroxylation is 3.